The highest BCUT2D eigenvalue weighted by Gasteiger charge is 2.36. The SMILES string of the molecule is O=C1Cc2cc(Nc3ncc(C(F)(F)F)c(NC(c4ccccc4)c4ccccc4)n3)ccc2N1. The number of fused-ring (bicyclic) bond motifs is 1. The zero-order chi connectivity index (χ0) is 24.4. The molecule has 176 valence electrons. The van der Waals surface area contributed by atoms with Crippen molar-refractivity contribution in [3.63, 3.8) is 0 Å². The van der Waals surface area contributed by atoms with Crippen molar-refractivity contribution in [3.8, 4) is 0 Å². The molecule has 0 unspecified atom stereocenters. The molecule has 2 heterocycles. The van der Waals surface area contributed by atoms with E-state index in [9.17, 15) is 18.0 Å². The molecule has 4 aromatic rings. The predicted molar refractivity (Wildman–Crippen MR) is 127 cm³/mol. The molecule has 35 heavy (non-hydrogen) atoms. The molecule has 3 aromatic carbocycles. The number of nitrogens with one attached hydrogen (secondary N) is 3. The molecule has 6 nitrogen and oxygen atoms in total. The van der Waals surface area contributed by atoms with Gasteiger partial charge in [0.1, 0.15) is 11.4 Å². The molecule has 0 saturated carbocycles. The number of alkyl halides is 3. The van der Waals surface area contributed by atoms with Crippen molar-refractivity contribution in [2.75, 3.05) is 16.0 Å². The summed E-state index contributed by atoms with van der Waals surface area (Å²) < 4.78 is 41.6. The van der Waals surface area contributed by atoms with E-state index in [1.54, 1.807) is 18.2 Å². The van der Waals surface area contributed by atoms with Gasteiger partial charge in [-0.25, -0.2) is 4.98 Å². The molecule has 0 radical (unpaired) electrons. The van der Waals surface area contributed by atoms with Crippen molar-refractivity contribution in [2.45, 2.75) is 18.6 Å². The Morgan fingerprint density at radius 2 is 1.57 bits per heavy atom. The number of aromatic nitrogens is 2. The van der Waals surface area contributed by atoms with Crippen LogP contribution < -0.4 is 16.0 Å². The third-order valence-corrected chi connectivity index (χ3v) is 5.63. The van der Waals surface area contributed by atoms with Gasteiger partial charge in [0.15, 0.2) is 0 Å². The van der Waals surface area contributed by atoms with Crippen LogP contribution in [0, 0.1) is 0 Å². The molecule has 3 N–H and O–H groups in total. The van der Waals surface area contributed by atoms with Gasteiger partial charge >= 0.3 is 6.18 Å². The summed E-state index contributed by atoms with van der Waals surface area (Å²) >= 11 is 0. The number of benzene rings is 3. The number of carbonyl (C=O) groups is 1. The molecule has 0 aliphatic carbocycles. The Balaban J connectivity index is 1.51. The van der Waals surface area contributed by atoms with Gasteiger partial charge in [-0.3, -0.25) is 4.79 Å². The minimum Gasteiger partial charge on any atom is -0.358 e. The first-order chi connectivity index (χ1) is 16.9. The Bertz CT molecular complexity index is 1320. The molecule has 1 aliphatic rings. The van der Waals surface area contributed by atoms with Crippen LogP contribution in [0.4, 0.5) is 36.3 Å². The van der Waals surface area contributed by atoms with E-state index >= 15 is 0 Å². The summed E-state index contributed by atoms with van der Waals surface area (Å²) in [5.74, 6) is -0.453. The fourth-order valence-electron chi connectivity index (χ4n) is 3.98. The molecule has 0 spiro atoms. The van der Waals surface area contributed by atoms with Gasteiger partial charge in [0.05, 0.1) is 12.5 Å². The third kappa shape index (κ3) is 4.93. The van der Waals surface area contributed by atoms with Crippen molar-refractivity contribution in [3.05, 3.63) is 107 Å². The van der Waals surface area contributed by atoms with Gasteiger partial charge in [-0.05, 0) is 34.9 Å². The van der Waals surface area contributed by atoms with Crippen molar-refractivity contribution in [1.29, 1.82) is 0 Å². The predicted octanol–water partition coefficient (Wildman–Crippen LogP) is 5.94. The second kappa shape index (κ2) is 9.09. The molecule has 0 atom stereocenters. The highest BCUT2D eigenvalue weighted by molar-refractivity contribution is 5.99. The van der Waals surface area contributed by atoms with Gasteiger partial charge in [-0.1, -0.05) is 60.7 Å². The van der Waals surface area contributed by atoms with Crippen LogP contribution in [0.15, 0.2) is 85.1 Å². The van der Waals surface area contributed by atoms with E-state index in [2.05, 4.69) is 25.9 Å². The van der Waals surface area contributed by atoms with Gasteiger partial charge in [-0.2, -0.15) is 18.2 Å². The molecular weight excluding hydrogens is 455 g/mol. The molecule has 1 aliphatic heterocycles. The molecule has 0 bridgehead atoms. The van der Waals surface area contributed by atoms with Gasteiger partial charge in [0.2, 0.25) is 11.9 Å². The number of rotatable bonds is 6. The fourth-order valence-corrected chi connectivity index (χ4v) is 3.98. The first-order valence-electron chi connectivity index (χ1n) is 10.9. The van der Waals surface area contributed by atoms with E-state index in [1.807, 2.05) is 60.7 Å². The lowest BCUT2D eigenvalue weighted by molar-refractivity contribution is -0.137. The quantitative estimate of drug-likeness (QED) is 0.322. The highest BCUT2D eigenvalue weighted by atomic mass is 19.4. The van der Waals surface area contributed by atoms with E-state index in [1.165, 1.54) is 0 Å². The maximum Gasteiger partial charge on any atom is 0.421 e. The van der Waals surface area contributed by atoms with Crippen LogP contribution in [0.1, 0.15) is 28.3 Å². The number of halogens is 3. The van der Waals surface area contributed by atoms with Gasteiger partial charge in [0, 0.05) is 17.6 Å². The number of nitrogens with zero attached hydrogens (tertiary/aromatic N) is 2. The zero-order valence-corrected chi connectivity index (χ0v) is 18.3. The Labute approximate surface area is 199 Å². The standard InChI is InChI=1S/C26H20F3N5O/c27-26(28,29)20-15-30-25(31-19-11-12-21-18(13-19)14-22(35)32-21)34-24(20)33-23(16-7-3-1-4-8-16)17-9-5-2-6-10-17/h1-13,15,23H,14H2,(H,32,35)(H2,30,31,33,34). The van der Waals surface area contributed by atoms with Crippen molar-refractivity contribution in [1.82, 2.24) is 9.97 Å². The lowest BCUT2D eigenvalue weighted by Gasteiger charge is -2.23. The summed E-state index contributed by atoms with van der Waals surface area (Å²) in [6.45, 7) is 0. The van der Waals surface area contributed by atoms with Crippen LogP contribution in [0.3, 0.4) is 0 Å². The summed E-state index contributed by atoms with van der Waals surface area (Å²) in [5.41, 5.74) is 2.67. The Hall–Kier alpha value is -4.40. The third-order valence-electron chi connectivity index (χ3n) is 5.63. The summed E-state index contributed by atoms with van der Waals surface area (Å²) in [6.07, 6.45) is -3.65. The summed E-state index contributed by atoms with van der Waals surface area (Å²) in [4.78, 5) is 19.7. The van der Waals surface area contributed by atoms with E-state index < -0.39 is 17.8 Å². The number of hydrogen-bond acceptors (Lipinski definition) is 5. The minimum absolute atomic E-state index is 0.00222. The Kier molecular flexibility index (Phi) is 5.82. The summed E-state index contributed by atoms with van der Waals surface area (Å²) in [7, 11) is 0. The highest BCUT2D eigenvalue weighted by Crippen LogP contribution is 2.37. The van der Waals surface area contributed by atoms with Crippen LogP contribution >= 0.6 is 0 Å². The van der Waals surface area contributed by atoms with E-state index in [-0.39, 0.29) is 24.1 Å². The van der Waals surface area contributed by atoms with Gasteiger partial charge < -0.3 is 16.0 Å². The van der Waals surface area contributed by atoms with Crippen molar-refractivity contribution < 1.29 is 18.0 Å². The number of amides is 1. The maximum absolute atomic E-state index is 13.9. The van der Waals surface area contributed by atoms with Crippen LogP contribution in [0.2, 0.25) is 0 Å². The molecule has 1 aromatic heterocycles. The second-order valence-corrected chi connectivity index (χ2v) is 8.07. The van der Waals surface area contributed by atoms with E-state index in [0.29, 0.717) is 11.4 Å². The monoisotopic (exact) mass is 475 g/mol. The fraction of sp³-hybridized carbons (Fsp3) is 0.115. The maximum atomic E-state index is 13.9. The Morgan fingerprint density at radius 3 is 2.20 bits per heavy atom. The number of anilines is 4. The van der Waals surface area contributed by atoms with E-state index in [4.69, 9.17) is 0 Å². The summed E-state index contributed by atoms with van der Waals surface area (Å²) in [5, 5.41) is 8.69. The van der Waals surface area contributed by atoms with Crippen LogP contribution in [-0.2, 0) is 17.4 Å². The van der Waals surface area contributed by atoms with Crippen molar-refractivity contribution in [2.24, 2.45) is 0 Å². The molecule has 9 heteroatoms. The second-order valence-electron chi connectivity index (χ2n) is 8.07. The molecule has 5 rings (SSSR count). The minimum atomic E-state index is -4.65. The zero-order valence-electron chi connectivity index (χ0n) is 18.3. The van der Waals surface area contributed by atoms with E-state index in [0.717, 1.165) is 22.9 Å². The molecule has 0 fully saturated rings. The average molecular weight is 475 g/mol. The van der Waals surface area contributed by atoms with Gasteiger partial charge in [0.25, 0.3) is 0 Å². The normalized spacial score (nSPS) is 12.9. The van der Waals surface area contributed by atoms with Crippen LogP contribution in [0.25, 0.3) is 0 Å². The van der Waals surface area contributed by atoms with Crippen molar-refractivity contribution >= 4 is 29.0 Å². The molecule has 1 amide bonds. The first-order valence-corrected chi connectivity index (χ1v) is 10.9. The number of carbonyl (C=O) groups excluding carboxylic acids is 1. The topological polar surface area (TPSA) is 78.9 Å². The first kappa shape index (κ1) is 22.4. The lowest BCUT2D eigenvalue weighted by Crippen LogP contribution is -2.19. The Morgan fingerprint density at radius 1 is 0.914 bits per heavy atom. The van der Waals surface area contributed by atoms with Gasteiger partial charge in [-0.15, -0.1) is 0 Å². The summed E-state index contributed by atoms with van der Waals surface area (Å²) in [6, 6.07) is 23.0. The lowest BCUT2D eigenvalue weighted by atomic mass is 9.98. The van der Waals surface area contributed by atoms with Crippen LogP contribution in [0.5, 0.6) is 0 Å². The molecular formula is C26H20F3N5O. The smallest absolute Gasteiger partial charge is 0.358 e. The molecule has 0 saturated heterocycles. The van der Waals surface area contributed by atoms with Crippen LogP contribution in [-0.4, -0.2) is 15.9 Å². The number of hydrogen-bond donors (Lipinski definition) is 3. The largest absolute Gasteiger partial charge is 0.421 e. The average Bonchev–Trinajstić information content (AvgIpc) is 3.22.